The number of rotatable bonds is 5. The fraction of sp³-hybridized carbons (Fsp3) is 0.800. The molecule has 2 N–H and O–H groups in total. The third-order valence-electron chi connectivity index (χ3n) is 1.13. The zero-order valence-corrected chi connectivity index (χ0v) is 8.41. The summed E-state index contributed by atoms with van der Waals surface area (Å²) in [7, 11) is -1.90. The number of carbonyl (C=O) groups is 1. The molecule has 0 fully saturated rings. The summed E-state index contributed by atoms with van der Waals surface area (Å²) in [5.74, 6) is -0.615. The van der Waals surface area contributed by atoms with E-state index < -0.39 is 19.8 Å². The van der Waals surface area contributed by atoms with Gasteiger partial charge < -0.3 is 9.63 Å². The van der Waals surface area contributed by atoms with Crippen molar-refractivity contribution in [2.24, 2.45) is 0 Å². The maximum absolute atomic E-state index is 10.7. The highest BCUT2D eigenvalue weighted by Crippen LogP contribution is 2.40. The minimum absolute atomic E-state index is 0.615. The Hall–Kier alpha value is -0.460. The van der Waals surface area contributed by atoms with Crippen molar-refractivity contribution in [1.82, 2.24) is 5.48 Å². The van der Waals surface area contributed by atoms with Gasteiger partial charge in [0.15, 0.2) is 0 Å². The number of methoxy groups -OCH3 is 1. The molecule has 8 heteroatoms. The molecule has 0 aliphatic heterocycles. The van der Waals surface area contributed by atoms with Gasteiger partial charge in [0.1, 0.15) is 6.04 Å². The molecule has 0 heterocycles. The predicted octanol–water partition coefficient (Wildman–Crippen LogP) is -0.184. The highest BCUT2D eigenvalue weighted by Gasteiger charge is 2.22. The van der Waals surface area contributed by atoms with Crippen molar-refractivity contribution in [2.75, 3.05) is 14.2 Å². The molecule has 0 saturated carbocycles. The lowest BCUT2D eigenvalue weighted by molar-refractivity contribution is -0.145. The minimum atomic E-state index is -4.10. The quantitative estimate of drug-likeness (QED) is 0.371. The fourth-order valence-corrected chi connectivity index (χ4v) is 0.774. The molecule has 1 unspecified atom stereocenters. The minimum Gasteiger partial charge on any atom is -0.468 e. The van der Waals surface area contributed by atoms with Crippen LogP contribution in [0.3, 0.4) is 0 Å². The number of hydrogen-bond donors (Lipinski definition) is 2. The van der Waals surface area contributed by atoms with Gasteiger partial charge in [0.2, 0.25) is 0 Å². The van der Waals surface area contributed by atoms with Crippen LogP contribution in [-0.2, 0) is 23.2 Å². The fourth-order valence-electron chi connectivity index (χ4n) is 0.408. The summed E-state index contributed by atoms with van der Waals surface area (Å²) in [6.07, 6.45) is 0. The topological polar surface area (TPSA) is 94.1 Å². The number of phosphoric ester groups is 1. The van der Waals surface area contributed by atoms with Gasteiger partial charge in [-0.15, -0.1) is 0 Å². The molecule has 78 valence electrons. The number of ether oxygens (including phenoxy) is 1. The monoisotopic (exact) mass is 213 g/mol. The first kappa shape index (κ1) is 12.5. The van der Waals surface area contributed by atoms with Crippen LogP contribution in [0.5, 0.6) is 0 Å². The number of phosphoric acid groups is 1. The molecule has 0 rings (SSSR count). The van der Waals surface area contributed by atoms with Crippen LogP contribution in [0.15, 0.2) is 0 Å². The molecule has 0 aromatic heterocycles. The largest absolute Gasteiger partial charge is 0.488 e. The Bertz CT molecular complexity index is 219. The zero-order chi connectivity index (χ0) is 10.5. The van der Waals surface area contributed by atoms with Crippen molar-refractivity contribution in [2.45, 2.75) is 13.0 Å². The average molecular weight is 213 g/mol. The van der Waals surface area contributed by atoms with E-state index in [-0.39, 0.29) is 0 Å². The van der Waals surface area contributed by atoms with Crippen LogP contribution in [0.25, 0.3) is 0 Å². The summed E-state index contributed by atoms with van der Waals surface area (Å²) in [5, 5.41) is 0. The highest BCUT2D eigenvalue weighted by atomic mass is 31.2. The molecule has 0 bridgehead atoms. The lowest BCUT2D eigenvalue weighted by Gasteiger charge is -2.13. The molecule has 0 aliphatic carbocycles. The molecule has 0 aromatic rings. The van der Waals surface area contributed by atoms with Crippen LogP contribution in [0.2, 0.25) is 0 Å². The van der Waals surface area contributed by atoms with E-state index in [1.54, 1.807) is 0 Å². The summed E-state index contributed by atoms with van der Waals surface area (Å²) in [6, 6.07) is -0.847. The Morgan fingerprint density at radius 2 is 2.08 bits per heavy atom. The summed E-state index contributed by atoms with van der Waals surface area (Å²) >= 11 is 0. The molecule has 0 radical (unpaired) electrons. The Labute approximate surface area is 75.5 Å². The van der Waals surface area contributed by atoms with Crippen LogP contribution in [0.4, 0.5) is 0 Å². The first-order valence-electron chi connectivity index (χ1n) is 3.33. The second-order valence-corrected chi connectivity index (χ2v) is 3.59. The summed E-state index contributed by atoms with van der Waals surface area (Å²) in [6.45, 7) is 1.40. The third-order valence-corrected chi connectivity index (χ3v) is 1.93. The van der Waals surface area contributed by atoms with Crippen LogP contribution in [-0.4, -0.2) is 31.1 Å². The molecule has 0 aliphatic rings. The molecule has 13 heavy (non-hydrogen) atoms. The van der Waals surface area contributed by atoms with Gasteiger partial charge in [-0.2, -0.15) is 10.1 Å². The Kier molecular flexibility index (Phi) is 5.12. The Morgan fingerprint density at radius 3 is 2.46 bits per heavy atom. The van der Waals surface area contributed by atoms with Gasteiger partial charge in [-0.05, 0) is 6.92 Å². The van der Waals surface area contributed by atoms with Crippen molar-refractivity contribution < 1.29 is 28.1 Å². The van der Waals surface area contributed by atoms with E-state index in [0.717, 1.165) is 7.11 Å². The van der Waals surface area contributed by atoms with Gasteiger partial charge in [0, 0.05) is 7.11 Å². The van der Waals surface area contributed by atoms with E-state index in [4.69, 9.17) is 4.89 Å². The number of nitrogens with one attached hydrogen (secondary N) is 1. The van der Waals surface area contributed by atoms with Crippen molar-refractivity contribution in [3.8, 4) is 0 Å². The maximum Gasteiger partial charge on any atom is 0.488 e. The molecular formula is C5H12NO6P. The van der Waals surface area contributed by atoms with E-state index in [1.165, 1.54) is 14.0 Å². The van der Waals surface area contributed by atoms with Gasteiger partial charge in [-0.3, -0.25) is 9.32 Å². The third kappa shape index (κ3) is 4.97. The number of esters is 1. The van der Waals surface area contributed by atoms with Crippen molar-refractivity contribution in [3.63, 3.8) is 0 Å². The summed E-state index contributed by atoms with van der Waals surface area (Å²) in [5.41, 5.74) is 2.01. The van der Waals surface area contributed by atoms with E-state index in [1.807, 2.05) is 5.48 Å². The zero-order valence-electron chi connectivity index (χ0n) is 7.51. The van der Waals surface area contributed by atoms with Gasteiger partial charge in [0.05, 0.1) is 7.11 Å². The van der Waals surface area contributed by atoms with E-state index in [0.29, 0.717) is 0 Å². The number of hydrogen-bond acceptors (Lipinski definition) is 6. The molecule has 0 spiro atoms. The lowest BCUT2D eigenvalue weighted by Crippen LogP contribution is -2.34. The van der Waals surface area contributed by atoms with Crippen molar-refractivity contribution in [1.29, 1.82) is 0 Å². The maximum atomic E-state index is 10.7. The molecule has 0 saturated heterocycles. The molecular weight excluding hydrogens is 201 g/mol. The average Bonchev–Trinajstić information content (AvgIpc) is 2.13. The molecule has 2 atom stereocenters. The summed E-state index contributed by atoms with van der Waals surface area (Å²) in [4.78, 5) is 19.5. The van der Waals surface area contributed by atoms with E-state index in [9.17, 15) is 9.36 Å². The molecule has 0 amide bonds. The SMILES string of the molecule is COC(=O)[C@H](C)NOP(=O)(O)OC. The molecule has 7 nitrogen and oxygen atoms in total. The second-order valence-electron chi connectivity index (χ2n) is 2.11. The van der Waals surface area contributed by atoms with Gasteiger partial charge in [-0.25, -0.2) is 4.57 Å². The van der Waals surface area contributed by atoms with Crippen LogP contribution in [0, 0.1) is 0 Å². The van der Waals surface area contributed by atoms with Crippen molar-refractivity contribution >= 4 is 13.8 Å². The second kappa shape index (κ2) is 5.31. The Balaban J connectivity index is 3.89. The normalized spacial score (nSPS) is 17.5. The number of hydroxylamine groups is 1. The molecule has 0 aromatic carbocycles. The van der Waals surface area contributed by atoms with E-state index >= 15 is 0 Å². The van der Waals surface area contributed by atoms with Gasteiger partial charge in [-0.1, -0.05) is 0 Å². The highest BCUT2D eigenvalue weighted by molar-refractivity contribution is 7.47. The lowest BCUT2D eigenvalue weighted by atomic mass is 10.4. The first-order chi connectivity index (χ1) is 5.93. The standard InChI is InChI=1S/C5H12NO6P/c1-4(5(7)10-2)6-12-13(8,9)11-3/h4,6H,1-3H3,(H,8,9)/t4-/m0/s1. The predicted molar refractivity (Wildman–Crippen MR) is 42.5 cm³/mol. The number of carbonyl (C=O) groups excluding carboxylic acids is 1. The van der Waals surface area contributed by atoms with Gasteiger partial charge >= 0.3 is 13.8 Å². The first-order valence-corrected chi connectivity index (χ1v) is 4.83. The summed E-state index contributed by atoms with van der Waals surface area (Å²) < 4.78 is 23.3. The van der Waals surface area contributed by atoms with Crippen LogP contribution >= 0.6 is 7.82 Å². The van der Waals surface area contributed by atoms with Crippen molar-refractivity contribution in [3.05, 3.63) is 0 Å². The van der Waals surface area contributed by atoms with Crippen LogP contribution in [0.1, 0.15) is 6.92 Å². The Morgan fingerprint density at radius 1 is 1.54 bits per heavy atom. The van der Waals surface area contributed by atoms with Gasteiger partial charge in [0.25, 0.3) is 0 Å². The van der Waals surface area contributed by atoms with Crippen LogP contribution < -0.4 is 5.48 Å². The smallest absolute Gasteiger partial charge is 0.468 e. The van der Waals surface area contributed by atoms with E-state index in [2.05, 4.69) is 13.9 Å².